The third-order valence-electron chi connectivity index (χ3n) is 2.58. The molecule has 0 aliphatic carbocycles. The maximum atomic E-state index is 6.57. The first-order chi connectivity index (χ1) is 7.83. The SMILES string of the molecule is CC(=NC(C)(C)C)C(C)(Cl)CCCO[Si](C)(C)C. The molecule has 0 fully saturated rings. The predicted octanol–water partition coefficient (Wildman–Crippen LogP) is 4.88. The Kier molecular flexibility index (Phi) is 6.58. The van der Waals surface area contributed by atoms with Crippen molar-refractivity contribution in [2.24, 2.45) is 4.99 Å². The molecule has 0 saturated heterocycles. The van der Waals surface area contributed by atoms with Crippen molar-refractivity contribution in [3.8, 4) is 0 Å². The van der Waals surface area contributed by atoms with Gasteiger partial charge >= 0.3 is 0 Å². The lowest BCUT2D eigenvalue weighted by Crippen LogP contribution is -2.31. The van der Waals surface area contributed by atoms with Gasteiger partial charge in [0.2, 0.25) is 0 Å². The van der Waals surface area contributed by atoms with Gasteiger partial charge in [0.15, 0.2) is 8.32 Å². The summed E-state index contributed by atoms with van der Waals surface area (Å²) in [7, 11) is -1.39. The van der Waals surface area contributed by atoms with Crippen molar-refractivity contribution in [2.45, 2.75) is 77.5 Å². The van der Waals surface area contributed by atoms with E-state index in [1.54, 1.807) is 0 Å². The van der Waals surface area contributed by atoms with Gasteiger partial charge in [0.25, 0.3) is 0 Å². The fourth-order valence-corrected chi connectivity index (χ4v) is 2.52. The van der Waals surface area contributed by atoms with Crippen molar-refractivity contribution in [1.82, 2.24) is 0 Å². The predicted molar refractivity (Wildman–Crippen MR) is 85.7 cm³/mol. The van der Waals surface area contributed by atoms with Crippen molar-refractivity contribution in [2.75, 3.05) is 6.61 Å². The van der Waals surface area contributed by atoms with E-state index in [0.29, 0.717) is 0 Å². The highest BCUT2D eigenvalue weighted by molar-refractivity contribution is 6.69. The Balaban J connectivity index is 4.28. The van der Waals surface area contributed by atoms with Crippen LogP contribution in [0.1, 0.15) is 47.5 Å². The molecular formula is C14H30ClNOSi. The standard InChI is InChI=1S/C14H30ClNOSi/c1-12(16-13(2,3)4)14(5,15)10-9-11-17-18(6,7)8/h9-11H2,1-8H3. The van der Waals surface area contributed by atoms with E-state index < -0.39 is 8.32 Å². The first kappa shape index (κ1) is 18.1. The van der Waals surface area contributed by atoms with Gasteiger partial charge in [-0.15, -0.1) is 11.6 Å². The number of hydrogen-bond donors (Lipinski definition) is 0. The Labute approximate surface area is 119 Å². The van der Waals surface area contributed by atoms with Crippen LogP contribution < -0.4 is 0 Å². The second kappa shape index (κ2) is 6.53. The number of nitrogens with zero attached hydrogens (tertiary/aromatic N) is 1. The summed E-state index contributed by atoms with van der Waals surface area (Å²) in [5.74, 6) is 0. The Morgan fingerprint density at radius 3 is 2.06 bits per heavy atom. The first-order valence-electron chi connectivity index (χ1n) is 6.73. The summed E-state index contributed by atoms with van der Waals surface area (Å²) in [6, 6.07) is 0. The van der Waals surface area contributed by atoms with Gasteiger partial charge in [0.1, 0.15) is 0 Å². The number of rotatable bonds is 6. The average molecular weight is 292 g/mol. The summed E-state index contributed by atoms with van der Waals surface area (Å²) in [6.45, 7) is 17.8. The van der Waals surface area contributed by atoms with E-state index in [4.69, 9.17) is 16.0 Å². The minimum absolute atomic E-state index is 0.0605. The van der Waals surface area contributed by atoms with Crippen molar-refractivity contribution < 1.29 is 4.43 Å². The molecule has 0 aliphatic heterocycles. The zero-order valence-corrected chi connectivity index (χ0v) is 15.1. The lowest BCUT2D eigenvalue weighted by Gasteiger charge is -2.26. The van der Waals surface area contributed by atoms with Gasteiger partial charge in [-0.05, 0) is 67.1 Å². The summed E-state index contributed by atoms with van der Waals surface area (Å²) in [5, 5.41) is 0. The number of aliphatic imine (C=N–C) groups is 1. The monoisotopic (exact) mass is 291 g/mol. The molecule has 0 aromatic carbocycles. The molecule has 4 heteroatoms. The van der Waals surface area contributed by atoms with Gasteiger partial charge in [-0.2, -0.15) is 0 Å². The van der Waals surface area contributed by atoms with Crippen LogP contribution in [-0.4, -0.2) is 31.0 Å². The van der Waals surface area contributed by atoms with Crippen LogP contribution in [0.2, 0.25) is 19.6 Å². The summed E-state index contributed by atoms with van der Waals surface area (Å²) >= 11 is 6.57. The fraction of sp³-hybridized carbons (Fsp3) is 0.929. The highest BCUT2D eigenvalue weighted by Crippen LogP contribution is 2.25. The molecule has 0 radical (unpaired) electrons. The third kappa shape index (κ3) is 9.12. The van der Waals surface area contributed by atoms with Crippen molar-refractivity contribution in [3.05, 3.63) is 0 Å². The fourth-order valence-electron chi connectivity index (χ4n) is 1.58. The highest BCUT2D eigenvalue weighted by Gasteiger charge is 2.26. The van der Waals surface area contributed by atoms with E-state index in [9.17, 15) is 0 Å². The van der Waals surface area contributed by atoms with Gasteiger partial charge in [0.05, 0.1) is 10.4 Å². The van der Waals surface area contributed by atoms with Crippen molar-refractivity contribution >= 4 is 25.6 Å². The van der Waals surface area contributed by atoms with Crippen LogP contribution in [0.15, 0.2) is 4.99 Å². The summed E-state index contributed by atoms with van der Waals surface area (Å²) in [5.41, 5.74) is 0.958. The van der Waals surface area contributed by atoms with Gasteiger partial charge in [-0.25, -0.2) is 0 Å². The Hall–Kier alpha value is 0.137. The molecule has 2 nitrogen and oxygen atoms in total. The normalized spacial score (nSPS) is 17.7. The molecule has 0 N–H and O–H groups in total. The molecule has 0 heterocycles. The molecule has 0 saturated carbocycles. The van der Waals surface area contributed by atoms with Gasteiger partial charge in [0, 0.05) is 12.3 Å². The topological polar surface area (TPSA) is 21.6 Å². The third-order valence-corrected chi connectivity index (χ3v) is 4.12. The number of alkyl halides is 1. The Morgan fingerprint density at radius 2 is 1.67 bits per heavy atom. The molecule has 0 spiro atoms. The van der Waals surface area contributed by atoms with Gasteiger partial charge in [-0.3, -0.25) is 4.99 Å². The minimum Gasteiger partial charge on any atom is -0.418 e. The smallest absolute Gasteiger partial charge is 0.183 e. The van der Waals surface area contributed by atoms with Crippen LogP contribution in [0.3, 0.4) is 0 Å². The van der Waals surface area contributed by atoms with E-state index in [1.165, 1.54) is 0 Å². The van der Waals surface area contributed by atoms with Crippen LogP contribution in [0.25, 0.3) is 0 Å². The van der Waals surface area contributed by atoms with E-state index in [-0.39, 0.29) is 10.4 Å². The van der Waals surface area contributed by atoms with E-state index in [1.807, 2.05) is 13.8 Å². The van der Waals surface area contributed by atoms with Crippen LogP contribution in [0, 0.1) is 0 Å². The van der Waals surface area contributed by atoms with Crippen LogP contribution >= 0.6 is 11.6 Å². The van der Waals surface area contributed by atoms with Gasteiger partial charge in [-0.1, -0.05) is 0 Å². The molecule has 1 unspecified atom stereocenters. The molecular weight excluding hydrogens is 262 g/mol. The molecule has 0 bridgehead atoms. The Bertz CT molecular complexity index is 287. The summed E-state index contributed by atoms with van der Waals surface area (Å²) in [4.78, 5) is 4.31. The van der Waals surface area contributed by atoms with Crippen molar-refractivity contribution in [1.29, 1.82) is 0 Å². The Morgan fingerprint density at radius 1 is 1.17 bits per heavy atom. The van der Waals surface area contributed by atoms with Crippen molar-refractivity contribution in [3.63, 3.8) is 0 Å². The molecule has 108 valence electrons. The molecule has 0 aromatic rings. The molecule has 18 heavy (non-hydrogen) atoms. The second-order valence-electron chi connectivity index (χ2n) is 7.13. The quantitative estimate of drug-likeness (QED) is 0.296. The highest BCUT2D eigenvalue weighted by atomic mass is 35.5. The number of halogens is 1. The lowest BCUT2D eigenvalue weighted by atomic mass is 9.98. The maximum Gasteiger partial charge on any atom is 0.183 e. The summed E-state index contributed by atoms with van der Waals surface area (Å²) < 4.78 is 5.85. The van der Waals surface area contributed by atoms with E-state index in [0.717, 1.165) is 25.2 Å². The van der Waals surface area contributed by atoms with E-state index >= 15 is 0 Å². The van der Waals surface area contributed by atoms with Gasteiger partial charge < -0.3 is 4.43 Å². The zero-order chi connectivity index (χ0) is 14.6. The van der Waals surface area contributed by atoms with Crippen LogP contribution in [-0.2, 0) is 4.43 Å². The minimum atomic E-state index is -1.39. The first-order valence-corrected chi connectivity index (χ1v) is 10.5. The van der Waals surface area contributed by atoms with E-state index in [2.05, 4.69) is 45.4 Å². The molecule has 0 aliphatic rings. The molecule has 0 amide bonds. The second-order valence-corrected chi connectivity index (χ2v) is 12.5. The molecule has 1 atom stereocenters. The lowest BCUT2D eigenvalue weighted by molar-refractivity contribution is 0.298. The maximum absolute atomic E-state index is 6.57. The average Bonchev–Trinajstić information content (AvgIpc) is 2.08. The van der Waals surface area contributed by atoms with Crippen LogP contribution in [0.4, 0.5) is 0 Å². The zero-order valence-electron chi connectivity index (χ0n) is 13.4. The summed E-state index contributed by atoms with van der Waals surface area (Å²) in [6.07, 6.45) is 1.89. The van der Waals surface area contributed by atoms with Crippen LogP contribution in [0.5, 0.6) is 0 Å². The largest absolute Gasteiger partial charge is 0.418 e. The number of hydrogen-bond acceptors (Lipinski definition) is 2. The molecule has 0 rings (SSSR count). The molecule has 0 aromatic heterocycles.